The third-order valence-corrected chi connectivity index (χ3v) is 3.31. The minimum Gasteiger partial charge on any atom is -0.281 e. The first-order chi connectivity index (χ1) is 9.08. The van der Waals surface area contributed by atoms with Crippen molar-refractivity contribution < 1.29 is 9.18 Å². The fourth-order valence-corrected chi connectivity index (χ4v) is 2.31. The molecule has 0 aliphatic rings. The normalized spacial score (nSPS) is 12.2. The minimum atomic E-state index is -0.393. The molecule has 3 heteroatoms. The lowest BCUT2D eigenvalue weighted by atomic mass is 9.88. The third kappa shape index (κ3) is 3.42. The van der Waals surface area contributed by atoms with Crippen molar-refractivity contribution in [2.45, 2.75) is 19.3 Å². The van der Waals surface area contributed by atoms with Gasteiger partial charge >= 0.3 is 0 Å². The van der Waals surface area contributed by atoms with Crippen molar-refractivity contribution in [3.63, 3.8) is 0 Å². The van der Waals surface area contributed by atoms with Gasteiger partial charge in [-0.3, -0.25) is 4.79 Å². The maximum Gasteiger partial charge on any atom is 0.222 e. The Kier molecular flexibility index (Phi) is 4.33. The van der Waals surface area contributed by atoms with Gasteiger partial charge < -0.3 is 0 Å². The predicted molar refractivity (Wildman–Crippen MR) is 74.9 cm³/mol. The highest BCUT2D eigenvalue weighted by Crippen LogP contribution is 2.29. The van der Waals surface area contributed by atoms with Crippen molar-refractivity contribution in [1.82, 2.24) is 0 Å². The summed E-state index contributed by atoms with van der Waals surface area (Å²) in [6.07, 6.45) is 0.205. The lowest BCUT2D eigenvalue weighted by molar-refractivity contribution is -0.111. The maximum atomic E-state index is 13.3. The van der Waals surface area contributed by atoms with Gasteiger partial charge in [-0.25, -0.2) is 4.39 Å². The van der Waals surface area contributed by atoms with Crippen molar-refractivity contribution in [3.05, 3.63) is 71.0 Å². The summed E-state index contributed by atoms with van der Waals surface area (Å²) >= 11 is 5.53. The number of carbonyl (C=O) groups is 1. The van der Waals surface area contributed by atoms with E-state index in [0.29, 0.717) is 5.56 Å². The van der Waals surface area contributed by atoms with Gasteiger partial charge in [0.05, 0.1) is 0 Å². The van der Waals surface area contributed by atoms with Gasteiger partial charge in [0.15, 0.2) is 0 Å². The third-order valence-electron chi connectivity index (χ3n) is 3.15. The van der Waals surface area contributed by atoms with Crippen LogP contribution in [0.25, 0.3) is 0 Å². The van der Waals surface area contributed by atoms with Crippen LogP contribution in [0.15, 0.2) is 48.5 Å². The molecule has 0 aromatic heterocycles. The molecule has 0 fully saturated rings. The van der Waals surface area contributed by atoms with Crippen molar-refractivity contribution in [3.8, 4) is 0 Å². The molecule has 0 N–H and O–H groups in total. The van der Waals surface area contributed by atoms with Crippen LogP contribution in [-0.4, -0.2) is 5.24 Å². The van der Waals surface area contributed by atoms with Crippen LogP contribution in [-0.2, 0) is 4.79 Å². The number of benzene rings is 2. The Morgan fingerprint density at radius 1 is 1.16 bits per heavy atom. The molecule has 0 spiro atoms. The lowest BCUT2D eigenvalue weighted by Crippen LogP contribution is -2.05. The van der Waals surface area contributed by atoms with Crippen LogP contribution in [0.1, 0.15) is 29.0 Å². The first kappa shape index (κ1) is 13.8. The van der Waals surface area contributed by atoms with Crippen LogP contribution in [0.2, 0.25) is 0 Å². The average Bonchev–Trinajstić information content (AvgIpc) is 2.40. The molecule has 19 heavy (non-hydrogen) atoms. The predicted octanol–water partition coefficient (Wildman–Crippen LogP) is 4.42. The van der Waals surface area contributed by atoms with Gasteiger partial charge in [-0.2, -0.15) is 0 Å². The molecule has 1 atom stereocenters. The molecular formula is C16H14ClFO. The van der Waals surface area contributed by atoms with Gasteiger partial charge in [0.1, 0.15) is 5.82 Å². The fraction of sp³-hybridized carbons (Fsp3) is 0.188. The molecule has 0 heterocycles. The standard InChI is InChI=1S/C16H14ClFO/c1-11-9-13(7-8-15(11)18)14(10-16(17)19)12-5-3-2-4-6-12/h2-9,14H,10H2,1H3. The summed E-state index contributed by atoms with van der Waals surface area (Å²) in [5.74, 6) is -0.377. The Labute approximate surface area is 117 Å². The van der Waals surface area contributed by atoms with E-state index >= 15 is 0 Å². The monoisotopic (exact) mass is 276 g/mol. The first-order valence-corrected chi connectivity index (χ1v) is 6.45. The fourth-order valence-electron chi connectivity index (χ4n) is 2.16. The molecule has 0 aliphatic heterocycles. The second-order valence-electron chi connectivity index (χ2n) is 4.53. The van der Waals surface area contributed by atoms with Gasteiger partial charge in [0.2, 0.25) is 5.24 Å². The van der Waals surface area contributed by atoms with E-state index in [2.05, 4.69) is 0 Å². The number of aryl methyl sites for hydroxylation is 1. The van der Waals surface area contributed by atoms with E-state index in [0.717, 1.165) is 11.1 Å². The van der Waals surface area contributed by atoms with E-state index in [1.165, 1.54) is 6.07 Å². The minimum absolute atomic E-state index is 0.134. The SMILES string of the molecule is Cc1cc(C(CC(=O)Cl)c2ccccc2)ccc1F. The number of hydrogen-bond acceptors (Lipinski definition) is 1. The smallest absolute Gasteiger partial charge is 0.222 e. The van der Waals surface area contributed by atoms with Gasteiger partial charge in [-0.1, -0.05) is 42.5 Å². The second-order valence-corrected chi connectivity index (χ2v) is 4.95. The summed E-state index contributed by atoms with van der Waals surface area (Å²) in [6, 6.07) is 14.5. The van der Waals surface area contributed by atoms with Crippen LogP contribution >= 0.6 is 11.6 Å². The highest BCUT2D eigenvalue weighted by atomic mass is 35.5. The molecule has 1 nitrogen and oxygen atoms in total. The number of halogens is 2. The van der Waals surface area contributed by atoms with Crippen LogP contribution in [0.3, 0.4) is 0 Å². The Bertz CT molecular complexity index is 581. The molecule has 0 saturated heterocycles. The Hall–Kier alpha value is -1.67. The zero-order valence-corrected chi connectivity index (χ0v) is 11.3. The molecule has 98 valence electrons. The van der Waals surface area contributed by atoms with Crippen molar-refractivity contribution in [2.75, 3.05) is 0 Å². The Balaban J connectivity index is 2.42. The van der Waals surface area contributed by atoms with Crippen molar-refractivity contribution in [2.24, 2.45) is 0 Å². The molecule has 2 rings (SSSR count). The van der Waals surface area contributed by atoms with E-state index in [9.17, 15) is 9.18 Å². The molecular weight excluding hydrogens is 263 g/mol. The van der Waals surface area contributed by atoms with E-state index in [1.54, 1.807) is 19.1 Å². The van der Waals surface area contributed by atoms with Crippen molar-refractivity contribution in [1.29, 1.82) is 0 Å². The quantitative estimate of drug-likeness (QED) is 0.756. The molecule has 1 unspecified atom stereocenters. The average molecular weight is 277 g/mol. The van der Waals surface area contributed by atoms with Gasteiger partial charge in [-0.05, 0) is 41.3 Å². The highest BCUT2D eigenvalue weighted by molar-refractivity contribution is 6.63. The molecule has 2 aromatic rings. The molecule has 0 radical (unpaired) electrons. The summed E-state index contributed by atoms with van der Waals surface area (Å²) in [4.78, 5) is 11.2. The van der Waals surface area contributed by atoms with E-state index in [4.69, 9.17) is 11.6 Å². The number of rotatable bonds is 4. The molecule has 0 saturated carbocycles. The topological polar surface area (TPSA) is 17.1 Å². The second kappa shape index (κ2) is 5.98. The summed E-state index contributed by atoms with van der Waals surface area (Å²) < 4.78 is 13.3. The molecule has 0 bridgehead atoms. The highest BCUT2D eigenvalue weighted by Gasteiger charge is 2.17. The molecule has 2 aromatic carbocycles. The zero-order valence-electron chi connectivity index (χ0n) is 10.6. The van der Waals surface area contributed by atoms with Crippen LogP contribution < -0.4 is 0 Å². The first-order valence-electron chi connectivity index (χ1n) is 6.07. The number of hydrogen-bond donors (Lipinski definition) is 0. The van der Waals surface area contributed by atoms with Crippen LogP contribution in [0.4, 0.5) is 4.39 Å². The largest absolute Gasteiger partial charge is 0.281 e. The van der Waals surface area contributed by atoms with Crippen LogP contribution in [0.5, 0.6) is 0 Å². The summed E-state index contributed by atoms with van der Waals surface area (Å²) in [5, 5.41) is -0.393. The molecule has 0 aliphatic carbocycles. The van der Waals surface area contributed by atoms with Crippen molar-refractivity contribution >= 4 is 16.8 Å². The van der Waals surface area contributed by atoms with E-state index in [-0.39, 0.29) is 18.2 Å². The zero-order chi connectivity index (χ0) is 13.8. The Morgan fingerprint density at radius 3 is 2.42 bits per heavy atom. The lowest BCUT2D eigenvalue weighted by Gasteiger charge is -2.17. The van der Waals surface area contributed by atoms with Gasteiger partial charge in [0, 0.05) is 12.3 Å². The molecule has 0 amide bonds. The van der Waals surface area contributed by atoms with Gasteiger partial charge in [0.25, 0.3) is 0 Å². The number of carbonyl (C=O) groups excluding carboxylic acids is 1. The summed E-state index contributed by atoms with van der Waals surface area (Å²) in [6.45, 7) is 1.71. The van der Waals surface area contributed by atoms with E-state index < -0.39 is 5.24 Å². The van der Waals surface area contributed by atoms with Crippen LogP contribution in [0, 0.1) is 12.7 Å². The Morgan fingerprint density at radius 2 is 1.84 bits per heavy atom. The summed E-state index contributed by atoms with van der Waals surface area (Å²) in [5.41, 5.74) is 2.47. The summed E-state index contributed by atoms with van der Waals surface area (Å²) in [7, 11) is 0. The van der Waals surface area contributed by atoms with Gasteiger partial charge in [-0.15, -0.1) is 0 Å². The maximum absolute atomic E-state index is 13.3. The van der Waals surface area contributed by atoms with E-state index in [1.807, 2.05) is 30.3 Å².